The first-order valence-electron chi connectivity index (χ1n) is 8.62. The summed E-state index contributed by atoms with van der Waals surface area (Å²) in [5.74, 6) is -0.325. The Labute approximate surface area is 160 Å². The first-order valence-corrected chi connectivity index (χ1v) is 8.62. The van der Waals surface area contributed by atoms with Gasteiger partial charge in [-0.15, -0.1) is 0 Å². The van der Waals surface area contributed by atoms with Gasteiger partial charge < -0.3 is 9.67 Å². The summed E-state index contributed by atoms with van der Waals surface area (Å²) in [4.78, 5) is 14.9. The van der Waals surface area contributed by atoms with Gasteiger partial charge in [0.1, 0.15) is 5.69 Å². The SMILES string of the molecule is CC(=O)c1cccn1CC(O)c1cc(C(F)(F)F)nc2c1=CCCC=2C(F)(F)F. The van der Waals surface area contributed by atoms with E-state index in [1.54, 1.807) is 0 Å². The molecular formula is C19H16F6N2O2. The number of ketones is 1. The van der Waals surface area contributed by atoms with Crippen molar-refractivity contribution in [1.82, 2.24) is 9.55 Å². The van der Waals surface area contributed by atoms with Gasteiger partial charge in [0.05, 0.1) is 29.3 Å². The van der Waals surface area contributed by atoms with Gasteiger partial charge in [-0.1, -0.05) is 6.08 Å². The molecule has 0 spiro atoms. The monoisotopic (exact) mass is 418 g/mol. The van der Waals surface area contributed by atoms with E-state index in [1.807, 2.05) is 0 Å². The molecule has 1 aliphatic rings. The fourth-order valence-corrected chi connectivity index (χ4v) is 3.37. The number of nitrogens with zero attached hydrogens (tertiary/aromatic N) is 2. The molecule has 1 aliphatic carbocycles. The highest BCUT2D eigenvalue weighted by atomic mass is 19.4. The molecule has 0 saturated heterocycles. The Bertz CT molecular complexity index is 1070. The van der Waals surface area contributed by atoms with Gasteiger partial charge in [-0.2, -0.15) is 26.3 Å². The Morgan fingerprint density at radius 3 is 2.52 bits per heavy atom. The number of Topliss-reactive ketones (excluding diaryl/α,β-unsaturated/α-hetero) is 1. The highest BCUT2D eigenvalue weighted by Gasteiger charge is 2.38. The van der Waals surface area contributed by atoms with Gasteiger partial charge in [0.15, 0.2) is 5.78 Å². The number of pyridine rings is 1. The number of halogens is 6. The summed E-state index contributed by atoms with van der Waals surface area (Å²) in [5, 5.41) is 9.62. The second kappa shape index (κ2) is 7.33. The number of aliphatic hydroxyl groups excluding tert-OH is 1. The van der Waals surface area contributed by atoms with Gasteiger partial charge in [0, 0.05) is 18.3 Å². The minimum atomic E-state index is -4.99. The molecule has 0 bridgehead atoms. The van der Waals surface area contributed by atoms with Gasteiger partial charge in [0.25, 0.3) is 0 Å². The van der Waals surface area contributed by atoms with E-state index in [9.17, 15) is 36.2 Å². The molecule has 0 saturated carbocycles. The second-order valence-electron chi connectivity index (χ2n) is 6.69. The van der Waals surface area contributed by atoms with E-state index in [4.69, 9.17) is 0 Å². The maximum atomic E-state index is 13.4. The minimum Gasteiger partial charge on any atom is -0.387 e. The number of alkyl halides is 6. The quantitative estimate of drug-likeness (QED) is 0.613. The molecule has 1 atom stereocenters. The number of hydrogen-bond acceptors (Lipinski definition) is 3. The van der Waals surface area contributed by atoms with Crippen LogP contribution >= 0.6 is 0 Å². The van der Waals surface area contributed by atoms with Crippen LogP contribution in [0.5, 0.6) is 0 Å². The summed E-state index contributed by atoms with van der Waals surface area (Å²) >= 11 is 0. The normalized spacial score (nSPS) is 15.7. The topological polar surface area (TPSA) is 55.1 Å². The molecule has 2 aromatic heterocycles. The van der Waals surface area contributed by atoms with E-state index in [1.165, 1.54) is 35.9 Å². The van der Waals surface area contributed by atoms with E-state index < -0.39 is 41.5 Å². The lowest BCUT2D eigenvalue weighted by Gasteiger charge is -2.20. The van der Waals surface area contributed by atoms with Crippen molar-refractivity contribution in [1.29, 1.82) is 0 Å². The summed E-state index contributed by atoms with van der Waals surface area (Å²) in [6.07, 6.45) is -9.15. The molecule has 4 nitrogen and oxygen atoms in total. The third-order valence-corrected chi connectivity index (χ3v) is 4.67. The highest BCUT2D eigenvalue weighted by molar-refractivity contribution is 5.92. The molecule has 0 fully saturated rings. The van der Waals surface area contributed by atoms with Crippen LogP contribution < -0.4 is 10.6 Å². The van der Waals surface area contributed by atoms with Crippen LogP contribution in [0, 0.1) is 0 Å². The maximum absolute atomic E-state index is 13.4. The fraction of sp³-hybridized carbons (Fsp3) is 0.368. The van der Waals surface area contributed by atoms with E-state index in [0.717, 1.165) is 0 Å². The number of hydrogen-bond donors (Lipinski definition) is 1. The zero-order valence-electron chi connectivity index (χ0n) is 15.1. The van der Waals surface area contributed by atoms with E-state index in [-0.39, 0.29) is 35.2 Å². The minimum absolute atomic E-state index is 0.0448. The predicted molar refractivity (Wildman–Crippen MR) is 91.0 cm³/mol. The van der Waals surface area contributed by atoms with Crippen LogP contribution in [0.4, 0.5) is 26.3 Å². The van der Waals surface area contributed by atoms with Gasteiger partial charge in [0.2, 0.25) is 0 Å². The summed E-state index contributed by atoms with van der Waals surface area (Å²) in [6, 6.07) is 3.56. The third-order valence-electron chi connectivity index (χ3n) is 4.67. The molecule has 10 heteroatoms. The lowest BCUT2D eigenvalue weighted by molar-refractivity contribution is -0.141. The van der Waals surface area contributed by atoms with Crippen LogP contribution in [0.2, 0.25) is 0 Å². The average molecular weight is 418 g/mol. The molecule has 1 unspecified atom stereocenters. The molecule has 0 aliphatic heterocycles. The van der Waals surface area contributed by atoms with Crippen molar-refractivity contribution < 1.29 is 36.2 Å². The first-order chi connectivity index (χ1) is 13.4. The molecule has 156 valence electrons. The Morgan fingerprint density at radius 2 is 1.93 bits per heavy atom. The fourth-order valence-electron chi connectivity index (χ4n) is 3.37. The molecule has 0 aromatic carbocycles. The molecule has 29 heavy (non-hydrogen) atoms. The summed E-state index contributed by atoms with van der Waals surface area (Å²) in [7, 11) is 0. The van der Waals surface area contributed by atoms with E-state index in [2.05, 4.69) is 4.98 Å². The van der Waals surface area contributed by atoms with E-state index >= 15 is 0 Å². The van der Waals surface area contributed by atoms with Crippen molar-refractivity contribution >= 4 is 17.4 Å². The predicted octanol–water partition coefficient (Wildman–Crippen LogP) is 3.13. The molecule has 3 rings (SSSR count). The van der Waals surface area contributed by atoms with Crippen molar-refractivity contribution in [2.45, 2.75) is 44.8 Å². The van der Waals surface area contributed by atoms with Crippen LogP contribution in [-0.4, -0.2) is 26.6 Å². The summed E-state index contributed by atoms with van der Waals surface area (Å²) in [5.41, 5.74) is -2.76. The summed E-state index contributed by atoms with van der Waals surface area (Å²) < 4.78 is 81.2. The van der Waals surface area contributed by atoms with Crippen molar-refractivity contribution in [2.24, 2.45) is 0 Å². The largest absolute Gasteiger partial charge is 0.433 e. The van der Waals surface area contributed by atoms with Gasteiger partial charge in [-0.3, -0.25) is 4.79 Å². The molecule has 1 N–H and O–H groups in total. The van der Waals surface area contributed by atoms with Crippen LogP contribution in [0.15, 0.2) is 24.4 Å². The average Bonchev–Trinajstić information content (AvgIpc) is 3.06. The third kappa shape index (κ3) is 4.21. The van der Waals surface area contributed by atoms with Gasteiger partial charge >= 0.3 is 12.4 Å². The number of fused-ring (bicyclic) bond motifs is 1. The van der Waals surface area contributed by atoms with Crippen molar-refractivity contribution in [3.05, 3.63) is 51.9 Å². The lowest BCUT2D eigenvalue weighted by Crippen LogP contribution is -2.42. The van der Waals surface area contributed by atoms with Crippen molar-refractivity contribution in [2.75, 3.05) is 0 Å². The number of carbonyl (C=O) groups excluding carboxylic acids is 1. The maximum Gasteiger partial charge on any atom is 0.433 e. The molecular weight excluding hydrogens is 402 g/mol. The smallest absolute Gasteiger partial charge is 0.387 e. The number of carbonyl (C=O) groups is 1. The van der Waals surface area contributed by atoms with Crippen molar-refractivity contribution in [3.8, 4) is 0 Å². The zero-order valence-corrected chi connectivity index (χ0v) is 15.1. The molecule has 2 heterocycles. The Morgan fingerprint density at radius 1 is 1.24 bits per heavy atom. The Balaban J connectivity index is 2.21. The summed E-state index contributed by atoms with van der Waals surface area (Å²) in [6.45, 7) is 0.984. The van der Waals surface area contributed by atoms with Crippen LogP contribution in [0.3, 0.4) is 0 Å². The standard InChI is InChI=1S/C19H16F6N2O2/c1-10(28)14-6-3-7-27(14)9-15(29)12-8-16(19(23,24)25)26-17-11(12)4-2-5-13(17)18(20,21)22/h3-4,6-8,15,29H,2,5,9H2,1H3. The van der Waals surface area contributed by atoms with E-state index in [0.29, 0.717) is 6.07 Å². The van der Waals surface area contributed by atoms with Crippen molar-refractivity contribution in [3.63, 3.8) is 0 Å². The zero-order chi connectivity index (χ0) is 21.6. The highest BCUT2D eigenvalue weighted by Crippen LogP contribution is 2.32. The van der Waals surface area contributed by atoms with Crippen LogP contribution in [0.25, 0.3) is 11.6 Å². The number of aromatic nitrogens is 2. The lowest BCUT2D eigenvalue weighted by atomic mass is 9.96. The first kappa shape index (κ1) is 21.1. The molecule has 0 amide bonds. The molecule has 2 aromatic rings. The van der Waals surface area contributed by atoms with Crippen LogP contribution in [0.1, 0.15) is 47.6 Å². The number of aliphatic hydroxyl groups is 1. The molecule has 0 radical (unpaired) electrons. The van der Waals surface area contributed by atoms with Gasteiger partial charge in [-0.05, 0) is 36.6 Å². The van der Waals surface area contributed by atoms with Crippen LogP contribution in [-0.2, 0) is 12.7 Å². The Kier molecular flexibility index (Phi) is 5.33. The second-order valence-corrected chi connectivity index (χ2v) is 6.69. The van der Waals surface area contributed by atoms with Gasteiger partial charge in [-0.25, -0.2) is 4.98 Å². The number of rotatable bonds is 4. The Hall–Kier alpha value is -2.62.